The Kier molecular flexibility index (Phi) is 2.76. The van der Waals surface area contributed by atoms with Crippen molar-refractivity contribution in [3.63, 3.8) is 0 Å². The van der Waals surface area contributed by atoms with Gasteiger partial charge in [0.2, 0.25) is 0 Å². The lowest BCUT2D eigenvalue weighted by Gasteiger charge is -2.09. The molecule has 1 aliphatic carbocycles. The van der Waals surface area contributed by atoms with Crippen LogP contribution in [-0.4, -0.2) is 32.7 Å². The molecule has 0 atom stereocenters. The van der Waals surface area contributed by atoms with Gasteiger partial charge in [0.15, 0.2) is 5.69 Å². The summed E-state index contributed by atoms with van der Waals surface area (Å²) < 4.78 is 4.63. The van der Waals surface area contributed by atoms with Crippen molar-refractivity contribution in [1.82, 2.24) is 10.3 Å². The summed E-state index contributed by atoms with van der Waals surface area (Å²) >= 11 is 0. The summed E-state index contributed by atoms with van der Waals surface area (Å²) in [4.78, 5) is 0. The molecule has 2 rings (SSSR count). The Morgan fingerprint density at radius 3 is 2.81 bits per heavy atom. The molecular formula is C9H11N5O2. The highest BCUT2D eigenvalue weighted by Gasteiger charge is 2.27. The lowest BCUT2D eigenvalue weighted by atomic mass is 9.97. The van der Waals surface area contributed by atoms with Crippen LogP contribution in [-0.2, 0) is 6.42 Å². The van der Waals surface area contributed by atoms with Gasteiger partial charge >= 0.3 is 0 Å². The molecule has 1 aliphatic rings. The molecule has 0 spiro atoms. The Morgan fingerprint density at radius 2 is 2.12 bits per heavy atom. The zero-order valence-corrected chi connectivity index (χ0v) is 9.01. The van der Waals surface area contributed by atoms with E-state index in [9.17, 15) is 0 Å². The molecule has 0 saturated carbocycles. The Hall–Kier alpha value is -2.05. The quantitative estimate of drug-likeness (QED) is 0.435. The van der Waals surface area contributed by atoms with Crippen molar-refractivity contribution in [2.75, 3.05) is 0 Å². The summed E-state index contributed by atoms with van der Waals surface area (Å²) in [7, 11) is 0. The second kappa shape index (κ2) is 4.21. The minimum Gasteiger partial charge on any atom is -0.411 e. The first-order valence-electron chi connectivity index (χ1n) is 4.84. The zero-order chi connectivity index (χ0) is 11.5. The number of oxime groups is 1. The van der Waals surface area contributed by atoms with Gasteiger partial charge in [-0.25, -0.2) is 4.63 Å². The average Bonchev–Trinajstić information content (AvgIpc) is 2.73. The van der Waals surface area contributed by atoms with Gasteiger partial charge < -0.3 is 5.21 Å². The molecule has 7 heteroatoms. The summed E-state index contributed by atoms with van der Waals surface area (Å²) in [5.74, 6) is 0. The average molecular weight is 221 g/mol. The van der Waals surface area contributed by atoms with Gasteiger partial charge in [0.25, 0.3) is 0 Å². The molecule has 0 amide bonds. The number of nitrogens with zero attached hydrogens (tertiary/aromatic N) is 5. The largest absolute Gasteiger partial charge is 0.411 e. The molecule has 0 aromatic carbocycles. The molecule has 0 radical (unpaired) electrons. The Bertz CT molecular complexity index is 482. The third kappa shape index (κ3) is 1.83. The van der Waals surface area contributed by atoms with Gasteiger partial charge in [-0.2, -0.15) is 5.10 Å². The van der Waals surface area contributed by atoms with E-state index < -0.39 is 0 Å². The van der Waals surface area contributed by atoms with Crippen LogP contribution >= 0.6 is 0 Å². The lowest BCUT2D eigenvalue weighted by Crippen LogP contribution is -2.23. The zero-order valence-electron chi connectivity index (χ0n) is 9.01. The number of aromatic nitrogens is 2. The van der Waals surface area contributed by atoms with Crippen LogP contribution in [0.25, 0.3) is 0 Å². The molecule has 0 fully saturated rings. The van der Waals surface area contributed by atoms with Crippen molar-refractivity contribution in [3.05, 3.63) is 11.4 Å². The summed E-state index contributed by atoms with van der Waals surface area (Å²) in [5, 5.41) is 27.5. The van der Waals surface area contributed by atoms with Gasteiger partial charge in [-0.3, -0.25) is 0 Å². The van der Waals surface area contributed by atoms with Crippen LogP contribution in [0.2, 0.25) is 0 Å². The minimum atomic E-state index is 0.422. The molecule has 7 nitrogen and oxygen atoms in total. The highest BCUT2D eigenvalue weighted by Crippen LogP contribution is 2.16. The van der Waals surface area contributed by atoms with Gasteiger partial charge in [-0.15, -0.1) is 5.10 Å². The van der Waals surface area contributed by atoms with E-state index in [1.54, 1.807) is 0 Å². The standard InChI is InChI=1S/C9H11N5O2/c1-5(2)10-11-8-6(12-15)3-4-7-9(8)14-16-13-7/h15H,3-4H2,1-2H3/b11-8+,12-6+. The van der Waals surface area contributed by atoms with Crippen LogP contribution in [0.15, 0.2) is 20.0 Å². The van der Waals surface area contributed by atoms with E-state index in [0.29, 0.717) is 30.0 Å². The van der Waals surface area contributed by atoms with Crippen LogP contribution in [0, 0.1) is 0 Å². The maximum absolute atomic E-state index is 8.87. The number of aryl methyl sites for hydroxylation is 1. The summed E-state index contributed by atoms with van der Waals surface area (Å²) in [6.07, 6.45) is 1.18. The fraction of sp³-hybridized carbons (Fsp3) is 0.444. The first-order valence-corrected chi connectivity index (χ1v) is 4.84. The van der Waals surface area contributed by atoms with Crippen LogP contribution in [0.1, 0.15) is 31.7 Å². The molecule has 0 saturated heterocycles. The van der Waals surface area contributed by atoms with Crippen molar-refractivity contribution in [3.8, 4) is 0 Å². The summed E-state index contributed by atoms with van der Waals surface area (Å²) in [6, 6.07) is 0. The van der Waals surface area contributed by atoms with Gasteiger partial charge in [0.05, 0.1) is 0 Å². The van der Waals surface area contributed by atoms with E-state index in [4.69, 9.17) is 5.21 Å². The number of hydrogen-bond acceptors (Lipinski definition) is 7. The fourth-order valence-corrected chi connectivity index (χ4v) is 1.39. The van der Waals surface area contributed by atoms with E-state index in [1.807, 2.05) is 13.8 Å². The van der Waals surface area contributed by atoms with E-state index in [-0.39, 0.29) is 0 Å². The normalized spacial score (nSPS) is 19.9. The fourth-order valence-electron chi connectivity index (χ4n) is 1.39. The maximum atomic E-state index is 8.87. The van der Waals surface area contributed by atoms with Crippen LogP contribution < -0.4 is 0 Å². The number of rotatable bonds is 1. The molecule has 0 bridgehead atoms. The van der Waals surface area contributed by atoms with E-state index in [2.05, 4.69) is 30.3 Å². The van der Waals surface area contributed by atoms with E-state index in [1.165, 1.54) is 0 Å². The van der Waals surface area contributed by atoms with Crippen LogP contribution in [0.4, 0.5) is 0 Å². The molecule has 1 aromatic rings. The van der Waals surface area contributed by atoms with E-state index in [0.717, 1.165) is 11.4 Å². The monoisotopic (exact) mass is 221 g/mol. The second-order valence-electron chi connectivity index (χ2n) is 3.60. The molecule has 0 aliphatic heterocycles. The van der Waals surface area contributed by atoms with Crippen molar-refractivity contribution in [1.29, 1.82) is 0 Å². The molecule has 1 N–H and O–H groups in total. The predicted octanol–water partition coefficient (Wildman–Crippen LogP) is 1.03. The SMILES string of the molecule is CC(C)=N/N=C1\C(=N\O)CCc2nonc21. The third-order valence-electron chi connectivity index (χ3n) is 2.12. The highest BCUT2D eigenvalue weighted by molar-refractivity contribution is 6.48. The van der Waals surface area contributed by atoms with Crippen LogP contribution in [0.3, 0.4) is 0 Å². The second-order valence-corrected chi connectivity index (χ2v) is 3.60. The Morgan fingerprint density at radius 1 is 1.31 bits per heavy atom. The van der Waals surface area contributed by atoms with Crippen molar-refractivity contribution in [2.45, 2.75) is 26.7 Å². The minimum absolute atomic E-state index is 0.422. The highest BCUT2D eigenvalue weighted by atomic mass is 16.6. The molecular weight excluding hydrogens is 210 g/mol. The molecule has 1 heterocycles. The van der Waals surface area contributed by atoms with Crippen molar-refractivity contribution >= 4 is 17.1 Å². The molecule has 84 valence electrons. The Balaban J connectivity index is 2.48. The van der Waals surface area contributed by atoms with Gasteiger partial charge in [-0.1, -0.05) is 10.3 Å². The lowest BCUT2D eigenvalue weighted by molar-refractivity contribution is 0.303. The molecule has 16 heavy (non-hydrogen) atoms. The molecule has 0 unspecified atom stereocenters. The number of hydrogen-bond donors (Lipinski definition) is 1. The van der Waals surface area contributed by atoms with E-state index >= 15 is 0 Å². The summed E-state index contributed by atoms with van der Waals surface area (Å²) in [5.41, 5.74) is 2.90. The summed E-state index contributed by atoms with van der Waals surface area (Å²) in [6.45, 7) is 3.65. The van der Waals surface area contributed by atoms with Crippen LogP contribution in [0.5, 0.6) is 0 Å². The maximum Gasteiger partial charge on any atom is 0.160 e. The first kappa shape index (κ1) is 10.5. The van der Waals surface area contributed by atoms with Gasteiger partial charge in [0.1, 0.15) is 17.1 Å². The molecule has 1 aromatic heterocycles. The van der Waals surface area contributed by atoms with Crippen molar-refractivity contribution in [2.24, 2.45) is 15.4 Å². The van der Waals surface area contributed by atoms with Crippen molar-refractivity contribution < 1.29 is 9.84 Å². The van der Waals surface area contributed by atoms with Gasteiger partial charge in [-0.05, 0) is 19.0 Å². The smallest absolute Gasteiger partial charge is 0.160 e. The topological polar surface area (TPSA) is 96.2 Å². The first-order chi connectivity index (χ1) is 7.72. The Labute approximate surface area is 91.5 Å². The van der Waals surface area contributed by atoms with Gasteiger partial charge in [0, 0.05) is 18.6 Å². The predicted molar refractivity (Wildman–Crippen MR) is 57.2 cm³/mol. The third-order valence-corrected chi connectivity index (χ3v) is 2.12. The number of fused-ring (bicyclic) bond motifs is 1.